The molecule has 0 aliphatic carbocycles. The lowest BCUT2D eigenvalue weighted by Gasteiger charge is -2.11. The van der Waals surface area contributed by atoms with Crippen LogP contribution < -0.4 is 5.32 Å². The number of carbonyl (C=O) groups excluding carboxylic acids is 1. The first-order valence-corrected chi connectivity index (χ1v) is 9.39. The monoisotopic (exact) mass is 342 g/mol. The summed E-state index contributed by atoms with van der Waals surface area (Å²) in [6, 6.07) is 14.1. The molecule has 0 bridgehead atoms. The molecule has 2 aromatic carbocycles. The van der Waals surface area contributed by atoms with Gasteiger partial charge in [0.2, 0.25) is 5.91 Å². The summed E-state index contributed by atoms with van der Waals surface area (Å²) in [7, 11) is 0. The predicted octanol–water partition coefficient (Wildman–Crippen LogP) is 4.79. The lowest BCUT2D eigenvalue weighted by Crippen LogP contribution is -2.15. The van der Waals surface area contributed by atoms with Gasteiger partial charge in [0.05, 0.1) is 16.0 Å². The summed E-state index contributed by atoms with van der Waals surface area (Å²) in [4.78, 5) is 16.7. The SMILES string of the molecule is Cc1cccc(C)c1NC(=O)CSCc1nc2ccccc2s1. The molecule has 0 saturated carbocycles. The van der Waals surface area contributed by atoms with Gasteiger partial charge in [0.1, 0.15) is 5.01 Å². The molecule has 0 fully saturated rings. The normalized spacial score (nSPS) is 10.9. The van der Waals surface area contributed by atoms with Crippen LogP contribution >= 0.6 is 23.1 Å². The van der Waals surface area contributed by atoms with E-state index in [1.54, 1.807) is 23.1 Å². The summed E-state index contributed by atoms with van der Waals surface area (Å²) < 4.78 is 1.20. The van der Waals surface area contributed by atoms with Gasteiger partial charge in [-0.05, 0) is 37.1 Å². The molecule has 3 aromatic rings. The topological polar surface area (TPSA) is 42.0 Å². The van der Waals surface area contributed by atoms with Gasteiger partial charge in [-0.1, -0.05) is 30.3 Å². The Labute approximate surface area is 144 Å². The van der Waals surface area contributed by atoms with Crippen molar-refractivity contribution in [2.45, 2.75) is 19.6 Å². The van der Waals surface area contributed by atoms with E-state index < -0.39 is 0 Å². The second-order valence-corrected chi connectivity index (χ2v) is 7.48. The van der Waals surface area contributed by atoms with Crippen molar-refractivity contribution < 1.29 is 4.79 Å². The van der Waals surface area contributed by atoms with Crippen LogP contribution in [0.1, 0.15) is 16.1 Å². The van der Waals surface area contributed by atoms with Crippen molar-refractivity contribution in [2.75, 3.05) is 11.1 Å². The summed E-state index contributed by atoms with van der Waals surface area (Å²) >= 11 is 3.29. The molecule has 1 aromatic heterocycles. The Balaban J connectivity index is 1.55. The number of thioether (sulfide) groups is 1. The predicted molar refractivity (Wildman–Crippen MR) is 100 cm³/mol. The number of anilines is 1. The van der Waals surface area contributed by atoms with Gasteiger partial charge in [0.15, 0.2) is 0 Å². The second-order valence-electron chi connectivity index (χ2n) is 5.38. The third-order valence-corrected chi connectivity index (χ3v) is 5.71. The standard InChI is InChI=1S/C18H18N2OS2/c1-12-6-5-7-13(2)18(12)20-16(21)10-22-11-17-19-14-8-3-4-9-15(14)23-17/h3-9H,10-11H2,1-2H3,(H,20,21). The quantitative estimate of drug-likeness (QED) is 0.725. The number of benzene rings is 2. The van der Waals surface area contributed by atoms with Gasteiger partial charge in [-0.25, -0.2) is 4.98 Å². The van der Waals surface area contributed by atoms with Crippen LogP contribution in [0.2, 0.25) is 0 Å². The van der Waals surface area contributed by atoms with Gasteiger partial charge in [0.25, 0.3) is 0 Å². The number of amides is 1. The maximum Gasteiger partial charge on any atom is 0.234 e. The number of nitrogens with zero attached hydrogens (tertiary/aromatic N) is 1. The molecule has 0 unspecified atom stereocenters. The molecule has 0 aliphatic heterocycles. The van der Waals surface area contributed by atoms with Crippen molar-refractivity contribution in [2.24, 2.45) is 0 Å². The van der Waals surface area contributed by atoms with E-state index >= 15 is 0 Å². The number of aromatic nitrogens is 1. The molecule has 5 heteroatoms. The molecule has 3 nitrogen and oxygen atoms in total. The molecule has 23 heavy (non-hydrogen) atoms. The van der Waals surface area contributed by atoms with Crippen LogP contribution in [0.25, 0.3) is 10.2 Å². The smallest absolute Gasteiger partial charge is 0.234 e. The van der Waals surface area contributed by atoms with Gasteiger partial charge in [-0.15, -0.1) is 23.1 Å². The third-order valence-electron chi connectivity index (χ3n) is 3.54. The van der Waals surface area contributed by atoms with Crippen molar-refractivity contribution in [1.29, 1.82) is 0 Å². The van der Waals surface area contributed by atoms with Gasteiger partial charge in [-0.2, -0.15) is 0 Å². The van der Waals surface area contributed by atoms with E-state index in [1.165, 1.54) is 4.70 Å². The van der Waals surface area contributed by atoms with E-state index in [0.29, 0.717) is 5.75 Å². The van der Waals surface area contributed by atoms with Crippen LogP contribution in [-0.4, -0.2) is 16.6 Å². The molecule has 1 amide bonds. The zero-order chi connectivity index (χ0) is 16.2. The number of hydrogen-bond donors (Lipinski definition) is 1. The Kier molecular flexibility index (Phi) is 4.98. The minimum Gasteiger partial charge on any atom is -0.325 e. The Morgan fingerprint density at radius 3 is 2.61 bits per heavy atom. The lowest BCUT2D eigenvalue weighted by molar-refractivity contribution is -0.113. The van der Waals surface area contributed by atoms with Gasteiger partial charge in [0, 0.05) is 11.4 Å². The summed E-state index contributed by atoms with van der Waals surface area (Å²) in [5.74, 6) is 1.23. The van der Waals surface area contributed by atoms with Crippen molar-refractivity contribution in [1.82, 2.24) is 4.98 Å². The van der Waals surface area contributed by atoms with Gasteiger partial charge in [-0.3, -0.25) is 4.79 Å². The molecule has 0 aliphatic rings. The van der Waals surface area contributed by atoms with Crippen LogP contribution in [-0.2, 0) is 10.5 Å². The van der Waals surface area contributed by atoms with Crippen molar-refractivity contribution in [3.8, 4) is 0 Å². The summed E-state index contributed by atoms with van der Waals surface area (Å²) in [6.45, 7) is 4.02. The van der Waals surface area contributed by atoms with Crippen molar-refractivity contribution >= 4 is 44.9 Å². The molecule has 118 valence electrons. The molecule has 0 saturated heterocycles. The third kappa shape index (κ3) is 3.92. The van der Waals surface area contributed by atoms with Crippen LogP contribution in [0.3, 0.4) is 0 Å². The van der Waals surface area contributed by atoms with E-state index in [-0.39, 0.29) is 5.91 Å². The van der Waals surface area contributed by atoms with Crippen molar-refractivity contribution in [3.05, 3.63) is 58.6 Å². The highest BCUT2D eigenvalue weighted by Crippen LogP contribution is 2.25. The molecule has 0 spiro atoms. The fraction of sp³-hybridized carbons (Fsp3) is 0.222. The number of nitrogens with one attached hydrogen (secondary N) is 1. The minimum atomic E-state index is 0.0357. The van der Waals surface area contributed by atoms with E-state index in [4.69, 9.17) is 0 Å². The number of aryl methyl sites for hydroxylation is 2. The van der Waals surface area contributed by atoms with Crippen LogP contribution in [0.4, 0.5) is 5.69 Å². The van der Waals surface area contributed by atoms with E-state index in [2.05, 4.69) is 16.4 Å². The maximum atomic E-state index is 12.1. The molecular formula is C18H18N2OS2. The Morgan fingerprint density at radius 2 is 1.87 bits per heavy atom. The largest absolute Gasteiger partial charge is 0.325 e. The van der Waals surface area contributed by atoms with E-state index in [9.17, 15) is 4.79 Å². The minimum absolute atomic E-state index is 0.0357. The zero-order valence-corrected chi connectivity index (χ0v) is 14.8. The fourth-order valence-electron chi connectivity index (χ4n) is 2.40. The highest BCUT2D eigenvalue weighted by Gasteiger charge is 2.09. The number of fused-ring (bicyclic) bond motifs is 1. The highest BCUT2D eigenvalue weighted by molar-refractivity contribution is 7.99. The molecule has 3 rings (SSSR count). The van der Waals surface area contributed by atoms with Crippen LogP contribution in [0.5, 0.6) is 0 Å². The highest BCUT2D eigenvalue weighted by atomic mass is 32.2. The molecule has 1 heterocycles. The van der Waals surface area contributed by atoms with Crippen LogP contribution in [0.15, 0.2) is 42.5 Å². The lowest BCUT2D eigenvalue weighted by atomic mass is 10.1. The Morgan fingerprint density at radius 1 is 1.13 bits per heavy atom. The van der Waals surface area contributed by atoms with Gasteiger partial charge >= 0.3 is 0 Å². The Hall–Kier alpha value is -1.85. The summed E-state index contributed by atoms with van der Waals surface area (Å²) in [5.41, 5.74) is 4.15. The summed E-state index contributed by atoms with van der Waals surface area (Å²) in [5, 5.41) is 4.08. The number of carbonyl (C=O) groups is 1. The van der Waals surface area contributed by atoms with Crippen molar-refractivity contribution in [3.63, 3.8) is 0 Å². The first-order chi connectivity index (χ1) is 11.1. The van der Waals surface area contributed by atoms with E-state index in [0.717, 1.165) is 33.1 Å². The average Bonchev–Trinajstić information content (AvgIpc) is 2.94. The number of para-hydroxylation sites is 2. The zero-order valence-electron chi connectivity index (χ0n) is 13.1. The van der Waals surface area contributed by atoms with E-state index in [1.807, 2.05) is 50.2 Å². The first kappa shape index (κ1) is 16.0. The summed E-state index contributed by atoms with van der Waals surface area (Å²) in [6.07, 6.45) is 0. The molecular weight excluding hydrogens is 324 g/mol. The maximum absolute atomic E-state index is 12.1. The van der Waals surface area contributed by atoms with Gasteiger partial charge < -0.3 is 5.32 Å². The first-order valence-electron chi connectivity index (χ1n) is 7.42. The molecule has 0 atom stereocenters. The number of hydrogen-bond acceptors (Lipinski definition) is 4. The number of rotatable bonds is 5. The Bertz CT molecular complexity index is 789. The average molecular weight is 342 g/mol. The second kappa shape index (κ2) is 7.15. The van der Waals surface area contributed by atoms with Crippen LogP contribution in [0, 0.1) is 13.8 Å². The molecule has 1 N–H and O–H groups in total. The molecule has 0 radical (unpaired) electrons. The number of thiazole rings is 1. The fourth-order valence-corrected chi connectivity index (χ4v) is 4.25.